The summed E-state index contributed by atoms with van der Waals surface area (Å²) in [4.78, 5) is 29.7. The maximum Gasteiger partial charge on any atom is 0.254 e. The minimum absolute atomic E-state index is 0.0138. The van der Waals surface area contributed by atoms with Crippen LogP contribution in [-0.2, 0) is 16.1 Å². The standard InChI is InChI=1S/C24H30N2O6/c1-4-9-25(24(28)18-12-21(29-2)14-22(13-18)30-3)17-23(27)26(15-19-7-5-10-31-19)16-20-8-6-11-32-20/h4-5,7,10,12-14,20H,1,6,8-9,11,15-17H2,2-3H3. The topological polar surface area (TPSA) is 81.5 Å². The molecule has 0 aliphatic carbocycles. The third-order valence-electron chi connectivity index (χ3n) is 5.29. The van der Waals surface area contributed by atoms with E-state index in [9.17, 15) is 9.59 Å². The van der Waals surface area contributed by atoms with Crippen molar-refractivity contribution in [3.05, 3.63) is 60.6 Å². The average molecular weight is 443 g/mol. The summed E-state index contributed by atoms with van der Waals surface area (Å²) in [6.07, 6.45) is 5.04. The number of methoxy groups -OCH3 is 2. The first-order chi connectivity index (χ1) is 15.5. The molecule has 172 valence electrons. The Morgan fingerprint density at radius 1 is 1.19 bits per heavy atom. The molecule has 32 heavy (non-hydrogen) atoms. The molecule has 1 fully saturated rings. The Kier molecular flexibility index (Phi) is 8.33. The van der Waals surface area contributed by atoms with Crippen LogP contribution in [0.4, 0.5) is 0 Å². The quantitative estimate of drug-likeness (QED) is 0.498. The van der Waals surface area contributed by atoms with E-state index in [2.05, 4.69) is 6.58 Å². The fourth-order valence-corrected chi connectivity index (χ4v) is 3.63. The maximum atomic E-state index is 13.3. The Hall–Kier alpha value is -3.26. The van der Waals surface area contributed by atoms with Crippen LogP contribution in [0.3, 0.4) is 0 Å². The number of carbonyl (C=O) groups excluding carboxylic acids is 2. The van der Waals surface area contributed by atoms with Crippen LogP contribution in [0.15, 0.2) is 53.7 Å². The summed E-state index contributed by atoms with van der Waals surface area (Å²) < 4.78 is 21.7. The van der Waals surface area contributed by atoms with Crippen molar-refractivity contribution in [2.45, 2.75) is 25.5 Å². The van der Waals surface area contributed by atoms with E-state index in [-0.39, 0.29) is 31.0 Å². The third-order valence-corrected chi connectivity index (χ3v) is 5.29. The Balaban J connectivity index is 1.77. The number of ether oxygens (including phenoxy) is 3. The van der Waals surface area contributed by atoms with Crippen LogP contribution < -0.4 is 9.47 Å². The highest BCUT2D eigenvalue weighted by atomic mass is 16.5. The molecule has 2 heterocycles. The van der Waals surface area contributed by atoms with Gasteiger partial charge in [-0.1, -0.05) is 6.08 Å². The van der Waals surface area contributed by atoms with E-state index < -0.39 is 0 Å². The molecule has 1 aliphatic rings. The predicted molar refractivity (Wildman–Crippen MR) is 119 cm³/mol. The number of benzene rings is 1. The SMILES string of the molecule is C=CCN(CC(=O)N(Cc1ccco1)CC1CCCO1)C(=O)c1cc(OC)cc(OC)c1. The molecule has 2 aromatic rings. The number of nitrogens with zero attached hydrogens (tertiary/aromatic N) is 2. The second kappa shape index (κ2) is 11.4. The van der Waals surface area contributed by atoms with Gasteiger partial charge in [0.1, 0.15) is 23.8 Å². The van der Waals surface area contributed by atoms with Gasteiger partial charge in [0.15, 0.2) is 0 Å². The van der Waals surface area contributed by atoms with E-state index in [1.165, 1.54) is 19.1 Å². The summed E-state index contributed by atoms with van der Waals surface area (Å²) in [5.41, 5.74) is 0.368. The Morgan fingerprint density at radius 2 is 1.94 bits per heavy atom. The number of hydrogen-bond donors (Lipinski definition) is 0. The van der Waals surface area contributed by atoms with E-state index in [4.69, 9.17) is 18.6 Å². The molecule has 1 saturated heterocycles. The van der Waals surface area contributed by atoms with E-state index >= 15 is 0 Å². The van der Waals surface area contributed by atoms with Crippen LogP contribution in [0.5, 0.6) is 11.5 Å². The van der Waals surface area contributed by atoms with Gasteiger partial charge >= 0.3 is 0 Å². The highest BCUT2D eigenvalue weighted by Gasteiger charge is 2.26. The van der Waals surface area contributed by atoms with Gasteiger partial charge in [0, 0.05) is 31.3 Å². The van der Waals surface area contributed by atoms with Crippen LogP contribution in [0.1, 0.15) is 29.0 Å². The van der Waals surface area contributed by atoms with Crippen molar-refractivity contribution in [3.63, 3.8) is 0 Å². The first-order valence-corrected chi connectivity index (χ1v) is 10.6. The number of furan rings is 1. The Bertz CT molecular complexity index is 883. The lowest BCUT2D eigenvalue weighted by Gasteiger charge is -2.28. The molecule has 0 bridgehead atoms. The van der Waals surface area contributed by atoms with Crippen molar-refractivity contribution < 1.29 is 28.2 Å². The van der Waals surface area contributed by atoms with Gasteiger partial charge in [-0.15, -0.1) is 6.58 Å². The normalized spacial score (nSPS) is 15.2. The van der Waals surface area contributed by atoms with Crippen molar-refractivity contribution in [2.75, 3.05) is 40.5 Å². The fraction of sp³-hybridized carbons (Fsp3) is 0.417. The lowest BCUT2D eigenvalue weighted by molar-refractivity contribution is -0.134. The summed E-state index contributed by atoms with van der Waals surface area (Å²) in [7, 11) is 3.04. The molecule has 3 rings (SSSR count). The van der Waals surface area contributed by atoms with E-state index in [1.54, 1.807) is 41.5 Å². The molecule has 0 radical (unpaired) electrons. The van der Waals surface area contributed by atoms with Gasteiger partial charge in [0.2, 0.25) is 5.91 Å². The smallest absolute Gasteiger partial charge is 0.254 e. The second-order valence-electron chi connectivity index (χ2n) is 7.56. The van der Waals surface area contributed by atoms with Crippen molar-refractivity contribution >= 4 is 11.8 Å². The van der Waals surface area contributed by atoms with Gasteiger partial charge in [0.25, 0.3) is 5.91 Å². The molecule has 8 nitrogen and oxygen atoms in total. The van der Waals surface area contributed by atoms with Crippen molar-refractivity contribution in [1.82, 2.24) is 9.80 Å². The lowest BCUT2D eigenvalue weighted by atomic mass is 10.1. The molecule has 0 N–H and O–H groups in total. The van der Waals surface area contributed by atoms with Crippen LogP contribution in [0.2, 0.25) is 0 Å². The number of carbonyl (C=O) groups is 2. The molecule has 1 aliphatic heterocycles. The number of hydrogen-bond acceptors (Lipinski definition) is 6. The molecule has 8 heteroatoms. The molecule has 1 unspecified atom stereocenters. The largest absolute Gasteiger partial charge is 0.497 e. The minimum atomic E-state index is -0.314. The number of rotatable bonds is 11. The molecule has 1 atom stereocenters. The van der Waals surface area contributed by atoms with Crippen molar-refractivity contribution in [3.8, 4) is 11.5 Å². The third kappa shape index (κ3) is 6.13. The molecule has 1 aromatic heterocycles. The summed E-state index contributed by atoms with van der Waals surface area (Å²) in [6, 6.07) is 8.54. The van der Waals surface area contributed by atoms with Crippen molar-refractivity contribution in [1.29, 1.82) is 0 Å². The zero-order chi connectivity index (χ0) is 22.9. The van der Waals surface area contributed by atoms with Crippen LogP contribution in [0.25, 0.3) is 0 Å². The highest BCUT2D eigenvalue weighted by molar-refractivity contribution is 5.97. The van der Waals surface area contributed by atoms with E-state index in [0.29, 0.717) is 42.5 Å². The van der Waals surface area contributed by atoms with Gasteiger partial charge in [-0.05, 0) is 37.1 Å². The van der Waals surface area contributed by atoms with Crippen LogP contribution in [0, 0.1) is 0 Å². The maximum absolute atomic E-state index is 13.3. The van der Waals surface area contributed by atoms with E-state index in [1.807, 2.05) is 6.07 Å². The average Bonchev–Trinajstić information content (AvgIpc) is 3.51. The van der Waals surface area contributed by atoms with Crippen LogP contribution in [-0.4, -0.2) is 68.2 Å². The van der Waals surface area contributed by atoms with Gasteiger partial charge in [0.05, 0.1) is 33.1 Å². The minimum Gasteiger partial charge on any atom is -0.497 e. The first-order valence-electron chi connectivity index (χ1n) is 10.6. The van der Waals surface area contributed by atoms with Gasteiger partial charge in [-0.2, -0.15) is 0 Å². The fourth-order valence-electron chi connectivity index (χ4n) is 3.63. The van der Waals surface area contributed by atoms with Gasteiger partial charge < -0.3 is 28.4 Å². The summed E-state index contributed by atoms with van der Waals surface area (Å²) >= 11 is 0. The molecular formula is C24H30N2O6. The van der Waals surface area contributed by atoms with Gasteiger partial charge in [-0.25, -0.2) is 0 Å². The molecular weight excluding hydrogens is 412 g/mol. The number of amides is 2. The molecule has 2 amide bonds. The zero-order valence-electron chi connectivity index (χ0n) is 18.6. The molecule has 0 spiro atoms. The van der Waals surface area contributed by atoms with Crippen LogP contribution >= 0.6 is 0 Å². The highest BCUT2D eigenvalue weighted by Crippen LogP contribution is 2.24. The summed E-state index contributed by atoms with van der Waals surface area (Å²) in [5, 5.41) is 0. The molecule has 1 aromatic carbocycles. The summed E-state index contributed by atoms with van der Waals surface area (Å²) in [6.45, 7) is 5.32. The first kappa shape index (κ1) is 23.4. The Morgan fingerprint density at radius 3 is 2.50 bits per heavy atom. The molecule has 0 saturated carbocycles. The van der Waals surface area contributed by atoms with Crippen molar-refractivity contribution in [2.24, 2.45) is 0 Å². The second-order valence-corrected chi connectivity index (χ2v) is 7.56. The Labute approximate surface area is 188 Å². The summed E-state index contributed by atoms with van der Waals surface area (Å²) in [5.74, 6) is 1.16. The zero-order valence-corrected chi connectivity index (χ0v) is 18.6. The lowest BCUT2D eigenvalue weighted by Crippen LogP contribution is -2.45. The predicted octanol–water partition coefficient (Wildman–Crippen LogP) is 3.13. The van der Waals surface area contributed by atoms with E-state index in [0.717, 1.165) is 12.8 Å². The van der Waals surface area contributed by atoms with Gasteiger partial charge in [-0.3, -0.25) is 9.59 Å². The monoisotopic (exact) mass is 442 g/mol.